The number of methoxy groups -OCH3 is 1. The number of halogens is 1. The molecule has 166 valence electrons. The zero-order valence-electron chi connectivity index (χ0n) is 18.4. The lowest BCUT2D eigenvalue weighted by molar-refractivity contribution is -0.113. The average Bonchev–Trinajstić information content (AvgIpc) is 3.30. The summed E-state index contributed by atoms with van der Waals surface area (Å²) in [6.07, 6.45) is 3.57. The van der Waals surface area contributed by atoms with Gasteiger partial charge in [-0.1, -0.05) is 6.07 Å². The van der Waals surface area contributed by atoms with Crippen LogP contribution in [0.4, 0.5) is 5.69 Å². The summed E-state index contributed by atoms with van der Waals surface area (Å²) < 4.78 is 10.1. The molecule has 0 spiro atoms. The Morgan fingerprint density at radius 2 is 1.97 bits per heavy atom. The Morgan fingerprint density at radius 1 is 1.22 bits per heavy atom. The van der Waals surface area contributed by atoms with Crippen molar-refractivity contribution in [2.24, 2.45) is 7.05 Å². The summed E-state index contributed by atoms with van der Waals surface area (Å²) in [6.45, 7) is 6.36. The number of nitrogens with one attached hydrogen (secondary N) is 1. The summed E-state index contributed by atoms with van der Waals surface area (Å²) >= 11 is 9.00. The third-order valence-corrected chi connectivity index (χ3v) is 6.77. The van der Waals surface area contributed by atoms with Gasteiger partial charge in [-0.2, -0.15) is 10.2 Å². The van der Waals surface area contributed by atoms with E-state index >= 15 is 0 Å². The Balaban J connectivity index is 1.66. The summed E-state index contributed by atoms with van der Waals surface area (Å²) in [5.41, 5.74) is 5.58. The highest BCUT2D eigenvalue weighted by Gasteiger charge is 2.33. The molecule has 1 aliphatic rings. The van der Waals surface area contributed by atoms with Crippen LogP contribution < -0.4 is 15.0 Å². The molecule has 1 saturated heterocycles. The molecular weight excluding hydrogens is 492 g/mol. The molecule has 3 heterocycles. The predicted molar refractivity (Wildman–Crippen MR) is 131 cm³/mol. The second-order valence-electron chi connectivity index (χ2n) is 7.62. The summed E-state index contributed by atoms with van der Waals surface area (Å²) in [5.74, 6) is 0.538. The highest BCUT2D eigenvalue weighted by Crippen LogP contribution is 2.28. The molecular formula is C22H23BrN6O2S. The molecule has 0 saturated carbocycles. The second kappa shape index (κ2) is 8.51. The Bertz CT molecular complexity index is 1280. The Morgan fingerprint density at radius 3 is 2.56 bits per heavy atom. The summed E-state index contributed by atoms with van der Waals surface area (Å²) in [6, 6.07) is 5.79. The maximum atomic E-state index is 13.1. The molecule has 1 fully saturated rings. The van der Waals surface area contributed by atoms with E-state index in [1.165, 1.54) is 4.90 Å². The van der Waals surface area contributed by atoms with E-state index < -0.39 is 0 Å². The van der Waals surface area contributed by atoms with Crippen molar-refractivity contribution in [3.05, 3.63) is 62.8 Å². The second-order valence-corrected chi connectivity index (χ2v) is 8.80. The van der Waals surface area contributed by atoms with Gasteiger partial charge in [-0.05, 0) is 72.7 Å². The number of hydrogen-bond donors (Lipinski definition) is 1. The number of thiocarbonyl (C=S) groups is 1. The quantitative estimate of drug-likeness (QED) is 0.413. The van der Waals surface area contributed by atoms with E-state index in [-0.39, 0.29) is 5.91 Å². The molecule has 0 radical (unpaired) electrons. The summed E-state index contributed by atoms with van der Waals surface area (Å²) in [5, 5.41) is 12.3. The van der Waals surface area contributed by atoms with Crippen molar-refractivity contribution >= 4 is 50.9 Å². The van der Waals surface area contributed by atoms with Crippen LogP contribution in [0.2, 0.25) is 0 Å². The highest BCUT2D eigenvalue weighted by atomic mass is 79.9. The molecule has 32 heavy (non-hydrogen) atoms. The minimum atomic E-state index is -0.217. The van der Waals surface area contributed by atoms with Gasteiger partial charge < -0.3 is 10.1 Å². The molecule has 8 nitrogen and oxygen atoms in total. The van der Waals surface area contributed by atoms with Gasteiger partial charge in [0, 0.05) is 18.8 Å². The fourth-order valence-electron chi connectivity index (χ4n) is 3.73. The number of anilines is 1. The molecule has 1 N–H and O–H groups in total. The monoisotopic (exact) mass is 514 g/mol. The van der Waals surface area contributed by atoms with Crippen LogP contribution in [0.1, 0.15) is 28.2 Å². The fourth-order valence-corrected chi connectivity index (χ4v) is 4.30. The molecule has 1 aliphatic heterocycles. The number of amides is 1. The number of aryl methyl sites for hydroxylation is 3. The van der Waals surface area contributed by atoms with Gasteiger partial charge in [0.1, 0.15) is 11.4 Å². The van der Waals surface area contributed by atoms with Gasteiger partial charge >= 0.3 is 0 Å². The predicted octanol–water partition coefficient (Wildman–Crippen LogP) is 3.62. The van der Waals surface area contributed by atoms with Crippen molar-refractivity contribution in [2.45, 2.75) is 27.3 Å². The van der Waals surface area contributed by atoms with Crippen molar-refractivity contribution in [1.82, 2.24) is 24.9 Å². The number of aromatic nitrogens is 4. The molecule has 1 aromatic carbocycles. The minimum absolute atomic E-state index is 0.217. The number of carbonyl (C=O) groups is 1. The van der Waals surface area contributed by atoms with Crippen molar-refractivity contribution in [3.8, 4) is 5.75 Å². The van der Waals surface area contributed by atoms with Crippen LogP contribution in [0.5, 0.6) is 5.75 Å². The molecule has 10 heteroatoms. The average molecular weight is 515 g/mol. The number of carbonyl (C=O) groups excluding carboxylic acids is 1. The SMILES string of the molecule is COc1ccc(/C=C2/NC(=S)N(c3cn(C)nc3C)C2=O)cc1Cn1nc(C)c(Br)c1C. The molecule has 0 atom stereocenters. The van der Waals surface area contributed by atoms with E-state index in [9.17, 15) is 4.79 Å². The van der Waals surface area contributed by atoms with E-state index in [4.69, 9.17) is 17.0 Å². The Kier molecular flexibility index (Phi) is 5.91. The molecule has 0 bridgehead atoms. The lowest BCUT2D eigenvalue weighted by Gasteiger charge is -2.12. The van der Waals surface area contributed by atoms with Gasteiger partial charge in [0.2, 0.25) is 0 Å². The van der Waals surface area contributed by atoms with Gasteiger partial charge in [-0.25, -0.2) is 4.90 Å². The zero-order chi connectivity index (χ0) is 23.2. The zero-order valence-corrected chi connectivity index (χ0v) is 20.8. The molecule has 2 aromatic heterocycles. The van der Waals surface area contributed by atoms with E-state index in [1.54, 1.807) is 24.1 Å². The van der Waals surface area contributed by atoms with Crippen molar-refractivity contribution < 1.29 is 9.53 Å². The first-order valence-electron chi connectivity index (χ1n) is 9.93. The molecule has 3 aromatic rings. The van der Waals surface area contributed by atoms with Gasteiger partial charge in [-0.3, -0.25) is 14.2 Å². The van der Waals surface area contributed by atoms with Crippen LogP contribution >= 0.6 is 28.1 Å². The number of hydrogen-bond acceptors (Lipinski definition) is 5. The molecule has 4 rings (SSSR count). The lowest BCUT2D eigenvalue weighted by atomic mass is 10.1. The number of ether oxygens (including phenoxy) is 1. The Hall–Kier alpha value is -2.98. The maximum absolute atomic E-state index is 13.1. The van der Waals surface area contributed by atoms with Crippen LogP contribution in [0.25, 0.3) is 6.08 Å². The molecule has 1 amide bonds. The highest BCUT2D eigenvalue weighted by molar-refractivity contribution is 9.10. The number of rotatable bonds is 5. The van der Waals surface area contributed by atoms with Crippen LogP contribution in [-0.2, 0) is 18.4 Å². The van der Waals surface area contributed by atoms with Gasteiger partial charge in [0.15, 0.2) is 5.11 Å². The number of benzene rings is 1. The normalized spacial score (nSPS) is 15.1. The van der Waals surface area contributed by atoms with Crippen molar-refractivity contribution in [2.75, 3.05) is 12.0 Å². The third-order valence-electron chi connectivity index (χ3n) is 5.34. The van der Waals surface area contributed by atoms with E-state index in [2.05, 4.69) is 31.4 Å². The summed E-state index contributed by atoms with van der Waals surface area (Å²) in [7, 11) is 3.45. The first-order valence-corrected chi connectivity index (χ1v) is 11.1. The minimum Gasteiger partial charge on any atom is -0.496 e. The van der Waals surface area contributed by atoms with Gasteiger partial charge in [0.25, 0.3) is 5.91 Å². The third kappa shape index (κ3) is 3.95. The maximum Gasteiger partial charge on any atom is 0.281 e. The van der Waals surface area contributed by atoms with E-state index in [0.717, 1.165) is 38.4 Å². The van der Waals surface area contributed by atoms with Crippen molar-refractivity contribution in [3.63, 3.8) is 0 Å². The van der Waals surface area contributed by atoms with Gasteiger partial charge in [-0.15, -0.1) is 0 Å². The van der Waals surface area contributed by atoms with Crippen LogP contribution in [0, 0.1) is 20.8 Å². The lowest BCUT2D eigenvalue weighted by Crippen LogP contribution is -2.30. The molecule has 0 aliphatic carbocycles. The van der Waals surface area contributed by atoms with Crippen LogP contribution in [-0.4, -0.2) is 37.7 Å². The smallest absolute Gasteiger partial charge is 0.281 e. The van der Waals surface area contributed by atoms with Crippen LogP contribution in [0.3, 0.4) is 0 Å². The largest absolute Gasteiger partial charge is 0.496 e. The van der Waals surface area contributed by atoms with E-state index in [0.29, 0.717) is 23.0 Å². The molecule has 0 unspecified atom stereocenters. The fraction of sp³-hybridized carbons (Fsp3) is 0.273. The first-order chi connectivity index (χ1) is 15.2. The summed E-state index contributed by atoms with van der Waals surface area (Å²) in [4.78, 5) is 14.6. The Labute approximate surface area is 200 Å². The van der Waals surface area contributed by atoms with Gasteiger partial charge in [0.05, 0.1) is 40.9 Å². The topological polar surface area (TPSA) is 77.2 Å². The van der Waals surface area contributed by atoms with E-state index in [1.807, 2.05) is 50.7 Å². The number of nitrogens with zero attached hydrogens (tertiary/aromatic N) is 5. The van der Waals surface area contributed by atoms with Crippen molar-refractivity contribution in [1.29, 1.82) is 0 Å². The standard InChI is InChI=1S/C22H23BrN6O2S/c1-12-18(11-27(4)25-12)29-21(30)17(24-22(29)32)9-15-6-7-19(31-5)16(8-15)10-28-14(3)20(23)13(2)26-28/h6-9,11H,10H2,1-5H3,(H,24,32)/b17-9+. The first kappa shape index (κ1) is 22.2. The van der Waals surface area contributed by atoms with Crippen LogP contribution in [0.15, 0.2) is 34.6 Å².